The summed E-state index contributed by atoms with van der Waals surface area (Å²) in [6.07, 6.45) is 0.448. The SMILES string of the molecule is COc1ccc([C@H](CC(=O)N2CCOC2=O)[C@H](N=C(C)c2ccccc2NC(=O)c2ccccn2)C(=O)O)cc1. The number of benzene rings is 2. The highest BCUT2D eigenvalue weighted by molar-refractivity contribution is 6.10. The number of carbonyl (C=O) groups is 4. The molecular weight excluding hydrogens is 516 g/mol. The smallest absolute Gasteiger partial charge is 0.416 e. The number of carboxylic acids is 1. The topological polar surface area (TPSA) is 147 Å². The van der Waals surface area contributed by atoms with Crippen LogP contribution >= 0.6 is 0 Å². The van der Waals surface area contributed by atoms with Crippen LogP contribution in [0.2, 0.25) is 0 Å². The van der Waals surface area contributed by atoms with E-state index in [4.69, 9.17) is 9.47 Å². The average molecular weight is 545 g/mol. The Morgan fingerprint density at radius 3 is 2.45 bits per heavy atom. The van der Waals surface area contributed by atoms with Crippen LogP contribution in [-0.4, -0.2) is 70.9 Å². The summed E-state index contributed by atoms with van der Waals surface area (Å²) in [4.78, 5) is 60.0. The van der Waals surface area contributed by atoms with Crippen LogP contribution in [0.15, 0.2) is 77.9 Å². The number of pyridine rings is 1. The number of para-hydroxylation sites is 1. The van der Waals surface area contributed by atoms with E-state index >= 15 is 0 Å². The first-order valence-corrected chi connectivity index (χ1v) is 12.5. The number of rotatable bonds is 10. The number of anilines is 1. The van der Waals surface area contributed by atoms with Crippen molar-refractivity contribution in [1.82, 2.24) is 9.88 Å². The molecule has 1 aromatic heterocycles. The van der Waals surface area contributed by atoms with Crippen molar-refractivity contribution in [2.75, 3.05) is 25.6 Å². The zero-order valence-corrected chi connectivity index (χ0v) is 21.9. The number of carbonyl (C=O) groups excluding carboxylic acids is 3. The number of aliphatic carboxylic acids is 1. The van der Waals surface area contributed by atoms with E-state index < -0.39 is 35.8 Å². The van der Waals surface area contributed by atoms with Gasteiger partial charge in [0.25, 0.3) is 5.91 Å². The second-order valence-electron chi connectivity index (χ2n) is 8.96. The Kier molecular flexibility index (Phi) is 8.85. The zero-order chi connectivity index (χ0) is 28.6. The number of hydrogen-bond acceptors (Lipinski definition) is 8. The lowest BCUT2D eigenvalue weighted by Gasteiger charge is -2.24. The number of nitrogens with zero attached hydrogens (tertiary/aromatic N) is 3. The fraction of sp³-hybridized carbons (Fsp3) is 0.241. The summed E-state index contributed by atoms with van der Waals surface area (Å²) in [6, 6.07) is 17.1. The van der Waals surface area contributed by atoms with Crippen molar-refractivity contribution in [1.29, 1.82) is 0 Å². The molecule has 2 N–H and O–H groups in total. The fourth-order valence-electron chi connectivity index (χ4n) is 4.37. The average Bonchev–Trinajstić information content (AvgIpc) is 3.41. The standard InChI is InChI=1S/C29H28N4O7/c1-18(21-7-3-4-8-23(21)32-27(35)24-9-5-6-14-30-24)31-26(28(36)37)22(19-10-12-20(39-2)13-11-19)17-25(34)33-15-16-40-29(33)38/h3-14,22,26H,15-17H2,1-2H3,(H,32,35)(H,36,37)/t22-,26-/m0/s1. The van der Waals surface area contributed by atoms with Crippen LogP contribution in [0.5, 0.6) is 5.75 Å². The van der Waals surface area contributed by atoms with E-state index in [0.29, 0.717) is 28.3 Å². The van der Waals surface area contributed by atoms with Gasteiger partial charge in [-0.05, 0) is 42.8 Å². The van der Waals surface area contributed by atoms with Gasteiger partial charge < -0.3 is 19.9 Å². The minimum absolute atomic E-state index is 0.0817. The second-order valence-corrected chi connectivity index (χ2v) is 8.96. The van der Waals surface area contributed by atoms with Gasteiger partial charge in [-0.2, -0.15) is 0 Å². The van der Waals surface area contributed by atoms with Crippen molar-refractivity contribution in [2.24, 2.45) is 4.99 Å². The summed E-state index contributed by atoms with van der Waals surface area (Å²) in [5, 5.41) is 13.1. The molecule has 40 heavy (non-hydrogen) atoms. The molecule has 2 atom stereocenters. The molecule has 0 aliphatic carbocycles. The first kappa shape index (κ1) is 28.0. The molecule has 1 aliphatic rings. The Hall–Kier alpha value is -5.06. The predicted molar refractivity (Wildman–Crippen MR) is 146 cm³/mol. The van der Waals surface area contributed by atoms with Crippen LogP contribution in [0.1, 0.15) is 40.9 Å². The highest BCUT2D eigenvalue weighted by Crippen LogP contribution is 2.30. The Morgan fingerprint density at radius 1 is 1.10 bits per heavy atom. The monoisotopic (exact) mass is 544 g/mol. The predicted octanol–water partition coefficient (Wildman–Crippen LogP) is 3.76. The zero-order valence-electron chi connectivity index (χ0n) is 21.9. The number of imide groups is 1. The minimum Gasteiger partial charge on any atom is -0.497 e. The number of methoxy groups -OCH3 is 1. The van der Waals surface area contributed by atoms with Crippen molar-refractivity contribution in [3.63, 3.8) is 0 Å². The largest absolute Gasteiger partial charge is 0.497 e. The molecule has 1 fully saturated rings. The van der Waals surface area contributed by atoms with Crippen LogP contribution in [-0.2, 0) is 14.3 Å². The van der Waals surface area contributed by atoms with Crippen LogP contribution in [0.3, 0.4) is 0 Å². The molecule has 3 aromatic rings. The number of cyclic esters (lactones) is 1. The molecule has 1 saturated heterocycles. The van der Waals surface area contributed by atoms with Gasteiger partial charge in [-0.15, -0.1) is 0 Å². The molecule has 0 bridgehead atoms. The molecular formula is C29H28N4O7. The maximum atomic E-state index is 13.1. The van der Waals surface area contributed by atoms with E-state index in [1.807, 2.05) is 0 Å². The number of hydrogen-bond donors (Lipinski definition) is 2. The molecule has 11 heteroatoms. The third kappa shape index (κ3) is 6.49. The second kappa shape index (κ2) is 12.7. The molecule has 11 nitrogen and oxygen atoms in total. The molecule has 2 heterocycles. The lowest BCUT2D eigenvalue weighted by atomic mass is 9.87. The molecule has 0 saturated carbocycles. The lowest BCUT2D eigenvalue weighted by molar-refractivity contribution is -0.139. The van der Waals surface area contributed by atoms with Gasteiger partial charge in [0.2, 0.25) is 5.91 Å². The van der Waals surface area contributed by atoms with Crippen molar-refractivity contribution < 1.29 is 33.8 Å². The molecule has 0 unspecified atom stereocenters. The first-order valence-electron chi connectivity index (χ1n) is 12.5. The van der Waals surface area contributed by atoms with E-state index in [2.05, 4.69) is 15.3 Å². The Morgan fingerprint density at radius 2 is 1.82 bits per heavy atom. The highest BCUT2D eigenvalue weighted by Gasteiger charge is 2.36. The maximum Gasteiger partial charge on any atom is 0.416 e. The Labute approximate surface area is 230 Å². The van der Waals surface area contributed by atoms with E-state index in [0.717, 1.165) is 4.90 Å². The number of ether oxygens (including phenoxy) is 2. The number of aliphatic imine (C=N–C) groups is 1. The van der Waals surface area contributed by atoms with Gasteiger partial charge in [0.1, 0.15) is 18.1 Å². The summed E-state index contributed by atoms with van der Waals surface area (Å²) in [6.45, 7) is 1.81. The third-order valence-electron chi connectivity index (χ3n) is 6.43. The fourth-order valence-corrected chi connectivity index (χ4v) is 4.37. The quantitative estimate of drug-likeness (QED) is 0.367. The molecule has 4 rings (SSSR count). The van der Waals surface area contributed by atoms with E-state index in [1.165, 1.54) is 13.3 Å². The van der Waals surface area contributed by atoms with E-state index in [1.54, 1.807) is 73.7 Å². The van der Waals surface area contributed by atoms with E-state index in [-0.39, 0.29) is 25.3 Å². The summed E-state index contributed by atoms with van der Waals surface area (Å²) < 4.78 is 10.1. The number of nitrogens with one attached hydrogen (secondary N) is 1. The van der Waals surface area contributed by atoms with Gasteiger partial charge in [0.15, 0.2) is 6.04 Å². The van der Waals surface area contributed by atoms with Gasteiger partial charge >= 0.3 is 12.1 Å². The summed E-state index contributed by atoms with van der Waals surface area (Å²) >= 11 is 0. The normalized spacial score (nSPS) is 14.7. The van der Waals surface area contributed by atoms with Crippen LogP contribution in [0.25, 0.3) is 0 Å². The summed E-state index contributed by atoms with van der Waals surface area (Å²) in [7, 11) is 1.51. The molecule has 0 radical (unpaired) electrons. The molecule has 1 aliphatic heterocycles. The van der Waals surface area contributed by atoms with Gasteiger partial charge in [-0.25, -0.2) is 14.5 Å². The van der Waals surface area contributed by atoms with Crippen LogP contribution in [0.4, 0.5) is 10.5 Å². The van der Waals surface area contributed by atoms with Gasteiger partial charge in [-0.3, -0.25) is 19.6 Å². The van der Waals surface area contributed by atoms with Crippen molar-refractivity contribution in [3.8, 4) is 5.75 Å². The summed E-state index contributed by atoms with van der Waals surface area (Å²) in [5.41, 5.74) is 1.99. The number of aromatic nitrogens is 1. The molecule has 0 spiro atoms. The third-order valence-corrected chi connectivity index (χ3v) is 6.43. The van der Waals surface area contributed by atoms with Crippen molar-refractivity contribution in [3.05, 3.63) is 89.7 Å². The van der Waals surface area contributed by atoms with Gasteiger partial charge in [-0.1, -0.05) is 36.4 Å². The Balaban J connectivity index is 1.68. The number of carboxylic acid groups (broad SMARTS) is 1. The summed E-state index contributed by atoms with van der Waals surface area (Å²) in [5.74, 6) is -2.62. The van der Waals surface area contributed by atoms with Gasteiger partial charge in [0, 0.05) is 29.8 Å². The maximum absolute atomic E-state index is 13.1. The van der Waals surface area contributed by atoms with E-state index in [9.17, 15) is 24.3 Å². The highest BCUT2D eigenvalue weighted by atomic mass is 16.6. The Bertz CT molecular complexity index is 1420. The van der Waals surface area contributed by atoms with Crippen LogP contribution in [0, 0.1) is 0 Å². The number of amides is 3. The first-order chi connectivity index (χ1) is 19.3. The minimum atomic E-state index is -1.39. The van der Waals surface area contributed by atoms with Crippen molar-refractivity contribution in [2.45, 2.75) is 25.3 Å². The van der Waals surface area contributed by atoms with Gasteiger partial charge in [0.05, 0.1) is 19.3 Å². The van der Waals surface area contributed by atoms with Crippen molar-refractivity contribution >= 4 is 35.3 Å². The molecule has 3 amide bonds. The molecule has 206 valence electrons. The van der Waals surface area contributed by atoms with Crippen LogP contribution < -0.4 is 10.1 Å². The lowest BCUT2D eigenvalue weighted by Crippen LogP contribution is -2.36. The molecule has 2 aromatic carbocycles.